The Labute approximate surface area is 69.9 Å². The summed E-state index contributed by atoms with van der Waals surface area (Å²) in [6.45, 7) is 0.420. The van der Waals surface area contributed by atoms with Gasteiger partial charge in [0.15, 0.2) is 0 Å². The molecule has 1 heterocycles. The van der Waals surface area contributed by atoms with Gasteiger partial charge in [0.2, 0.25) is 0 Å². The summed E-state index contributed by atoms with van der Waals surface area (Å²) in [6, 6.07) is 0. The van der Waals surface area contributed by atoms with Crippen LogP contribution in [0.15, 0.2) is 0 Å². The molecule has 1 atom stereocenters. The first-order valence-electron chi connectivity index (χ1n) is 3.89. The van der Waals surface area contributed by atoms with E-state index in [-0.39, 0.29) is 12.7 Å². The van der Waals surface area contributed by atoms with Crippen LogP contribution in [0.5, 0.6) is 0 Å². The van der Waals surface area contributed by atoms with Crippen LogP contribution < -0.4 is 0 Å². The fraction of sp³-hybridized carbons (Fsp3) is 0.857. The van der Waals surface area contributed by atoms with E-state index in [9.17, 15) is 9.18 Å². The van der Waals surface area contributed by atoms with Crippen LogP contribution >= 0.6 is 0 Å². The first-order valence-corrected chi connectivity index (χ1v) is 3.89. The molecule has 1 amide bonds. The van der Waals surface area contributed by atoms with E-state index in [1.54, 1.807) is 0 Å². The molecule has 0 aromatic rings. The second-order valence-electron chi connectivity index (χ2n) is 2.70. The molecule has 1 rings (SSSR count). The first-order chi connectivity index (χ1) is 5.74. The SMILES string of the molecule is O=C(O)N1CC[C@@H](OCCF)C1. The van der Waals surface area contributed by atoms with Crippen LogP contribution in [0.2, 0.25) is 0 Å². The lowest BCUT2D eigenvalue weighted by molar-refractivity contribution is 0.0499. The molecule has 0 bridgehead atoms. The van der Waals surface area contributed by atoms with E-state index in [4.69, 9.17) is 9.84 Å². The maximum absolute atomic E-state index is 11.6. The van der Waals surface area contributed by atoms with E-state index in [2.05, 4.69) is 0 Å². The van der Waals surface area contributed by atoms with Crippen molar-refractivity contribution in [1.82, 2.24) is 4.90 Å². The third-order valence-electron chi connectivity index (χ3n) is 1.85. The van der Waals surface area contributed by atoms with Gasteiger partial charge in [-0.2, -0.15) is 0 Å². The van der Waals surface area contributed by atoms with Crippen molar-refractivity contribution in [2.75, 3.05) is 26.4 Å². The van der Waals surface area contributed by atoms with Crippen LogP contribution in [-0.4, -0.2) is 48.6 Å². The van der Waals surface area contributed by atoms with E-state index < -0.39 is 12.8 Å². The highest BCUT2D eigenvalue weighted by atomic mass is 19.1. The third-order valence-corrected chi connectivity index (χ3v) is 1.85. The fourth-order valence-corrected chi connectivity index (χ4v) is 1.25. The molecule has 1 saturated heterocycles. The molecule has 0 spiro atoms. The molecule has 70 valence electrons. The number of hydrogen-bond donors (Lipinski definition) is 1. The third kappa shape index (κ3) is 2.34. The summed E-state index contributed by atoms with van der Waals surface area (Å²) >= 11 is 0. The van der Waals surface area contributed by atoms with Gasteiger partial charge in [-0.25, -0.2) is 9.18 Å². The van der Waals surface area contributed by atoms with Crippen molar-refractivity contribution in [1.29, 1.82) is 0 Å². The van der Waals surface area contributed by atoms with Gasteiger partial charge in [0, 0.05) is 6.54 Å². The summed E-state index contributed by atoms with van der Waals surface area (Å²) in [5, 5.41) is 8.55. The van der Waals surface area contributed by atoms with E-state index >= 15 is 0 Å². The van der Waals surface area contributed by atoms with Crippen molar-refractivity contribution in [2.24, 2.45) is 0 Å². The lowest BCUT2D eigenvalue weighted by atomic mass is 10.3. The number of amides is 1. The summed E-state index contributed by atoms with van der Waals surface area (Å²) < 4.78 is 16.7. The maximum atomic E-state index is 11.6. The monoisotopic (exact) mass is 177 g/mol. The average Bonchev–Trinajstić information content (AvgIpc) is 2.48. The minimum Gasteiger partial charge on any atom is -0.465 e. The Balaban J connectivity index is 2.21. The average molecular weight is 177 g/mol. The topological polar surface area (TPSA) is 49.8 Å². The van der Waals surface area contributed by atoms with Crippen molar-refractivity contribution in [3.8, 4) is 0 Å². The van der Waals surface area contributed by atoms with Gasteiger partial charge in [-0.3, -0.25) is 0 Å². The second kappa shape index (κ2) is 4.25. The molecule has 0 unspecified atom stereocenters. The molecule has 12 heavy (non-hydrogen) atoms. The number of rotatable bonds is 3. The Hall–Kier alpha value is -0.840. The molecule has 4 nitrogen and oxygen atoms in total. The molecule has 0 aliphatic carbocycles. The van der Waals surface area contributed by atoms with E-state index in [0.29, 0.717) is 19.5 Å². The van der Waals surface area contributed by atoms with Gasteiger partial charge in [0.05, 0.1) is 19.3 Å². The second-order valence-corrected chi connectivity index (χ2v) is 2.70. The lowest BCUT2D eigenvalue weighted by Crippen LogP contribution is -2.28. The quantitative estimate of drug-likeness (QED) is 0.691. The summed E-state index contributed by atoms with van der Waals surface area (Å²) in [6.07, 6.45) is -0.370. The molecular weight excluding hydrogens is 165 g/mol. The number of alkyl halides is 1. The summed E-state index contributed by atoms with van der Waals surface area (Å²) in [5.74, 6) is 0. The van der Waals surface area contributed by atoms with Crippen molar-refractivity contribution in [3.63, 3.8) is 0 Å². The fourth-order valence-electron chi connectivity index (χ4n) is 1.25. The molecule has 1 N–H and O–H groups in total. The van der Waals surface area contributed by atoms with E-state index in [1.807, 2.05) is 0 Å². The molecule has 1 aliphatic heterocycles. The summed E-state index contributed by atoms with van der Waals surface area (Å²) in [4.78, 5) is 11.7. The predicted molar refractivity (Wildman–Crippen MR) is 39.9 cm³/mol. The number of nitrogens with zero attached hydrogens (tertiary/aromatic N) is 1. The van der Waals surface area contributed by atoms with Gasteiger partial charge >= 0.3 is 6.09 Å². The normalized spacial score (nSPS) is 23.1. The smallest absolute Gasteiger partial charge is 0.407 e. The van der Waals surface area contributed by atoms with Gasteiger partial charge in [0.25, 0.3) is 0 Å². The Kier molecular flexibility index (Phi) is 3.28. The van der Waals surface area contributed by atoms with Gasteiger partial charge in [0.1, 0.15) is 6.67 Å². The van der Waals surface area contributed by atoms with Gasteiger partial charge < -0.3 is 14.7 Å². The van der Waals surface area contributed by atoms with Crippen LogP contribution in [0, 0.1) is 0 Å². The Morgan fingerprint density at radius 3 is 3.00 bits per heavy atom. The zero-order valence-electron chi connectivity index (χ0n) is 6.70. The summed E-state index contributed by atoms with van der Waals surface area (Å²) in [5.41, 5.74) is 0. The van der Waals surface area contributed by atoms with Crippen molar-refractivity contribution >= 4 is 6.09 Å². The first kappa shape index (κ1) is 9.25. The van der Waals surface area contributed by atoms with Crippen LogP contribution in [0.4, 0.5) is 9.18 Å². The largest absolute Gasteiger partial charge is 0.465 e. The molecule has 0 aromatic carbocycles. The standard InChI is InChI=1S/C7H12FNO3/c8-2-4-12-6-1-3-9(5-6)7(10)11/h6H,1-5H2,(H,10,11)/t6-/m1/s1. The van der Waals surface area contributed by atoms with Gasteiger partial charge in [-0.1, -0.05) is 0 Å². The molecule has 5 heteroatoms. The summed E-state index contributed by atoms with van der Waals surface area (Å²) in [7, 11) is 0. The number of ether oxygens (including phenoxy) is 1. The Bertz CT molecular complexity index is 165. The highest BCUT2D eigenvalue weighted by Gasteiger charge is 2.25. The van der Waals surface area contributed by atoms with Crippen LogP contribution in [0.25, 0.3) is 0 Å². The van der Waals surface area contributed by atoms with Crippen LogP contribution in [0.1, 0.15) is 6.42 Å². The zero-order valence-corrected chi connectivity index (χ0v) is 6.70. The predicted octanol–water partition coefficient (Wildman–Crippen LogP) is 0.725. The van der Waals surface area contributed by atoms with Crippen molar-refractivity contribution in [2.45, 2.75) is 12.5 Å². The van der Waals surface area contributed by atoms with E-state index in [1.165, 1.54) is 4.90 Å². The van der Waals surface area contributed by atoms with Crippen molar-refractivity contribution < 1.29 is 19.0 Å². The van der Waals surface area contributed by atoms with Gasteiger partial charge in [-0.15, -0.1) is 0 Å². The number of carbonyl (C=O) groups is 1. The van der Waals surface area contributed by atoms with Crippen molar-refractivity contribution in [3.05, 3.63) is 0 Å². The molecule has 1 fully saturated rings. The molecule has 0 saturated carbocycles. The number of hydrogen-bond acceptors (Lipinski definition) is 2. The zero-order chi connectivity index (χ0) is 8.97. The van der Waals surface area contributed by atoms with Crippen LogP contribution in [-0.2, 0) is 4.74 Å². The number of likely N-dealkylation sites (tertiary alicyclic amines) is 1. The highest BCUT2D eigenvalue weighted by Crippen LogP contribution is 2.12. The number of carboxylic acid groups (broad SMARTS) is 1. The van der Waals surface area contributed by atoms with E-state index in [0.717, 1.165) is 0 Å². The number of halogens is 1. The highest BCUT2D eigenvalue weighted by molar-refractivity contribution is 5.65. The minimum absolute atomic E-state index is 0.0676. The Morgan fingerprint density at radius 1 is 1.75 bits per heavy atom. The molecule has 1 aliphatic rings. The Morgan fingerprint density at radius 2 is 2.50 bits per heavy atom. The maximum Gasteiger partial charge on any atom is 0.407 e. The molecule has 0 radical (unpaired) electrons. The van der Waals surface area contributed by atoms with Crippen LogP contribution in [0.3, 0.4) is 0 Å². The molecule has 0 aromatic heterocycles. The lowest BCUT2D eigenvalue weighted by Gasteiger charge is -2.11. The molecular formula is C7H12FNO3. The van der Waals surface area contributed by atoms with Gasteiger partial charge in [-0.05, 0) is 6.42 Å². The minimum atomic E-state index is -0.929.